The van der Waals surface area contributed by atoms with E-state index in [-0.39, 0.29) is 5.41 Å². The molecule has 0 aromatic heterocycles. The molecule has 0 atom stereocenters. The molecule has 2 fully saturated rings. The van der Waals surface area contributed by atoms with Crippen LogP contribution < -0.4 is 10.1 Å². The van der Waals surface area contributed by atoms with Gasteiger partial charge in [0.2, 0.25) is 0 Å². The molecule has 1 aromatic carbocycles. The molecule has 3 rings (SSSR count). The lowest BCUT2D eigenvalue weighted by atomic mass is 9.65. The van der Waals surface area contributed by atoms with Gasteiger partial charge in [-0.1, -0.05) is 32.9 Å². The summed E-state index contributed by atoms with van der Waals surface area (Å²) in [5, 5.41) is 3.45. The third-order valence-corrected chi connectivity index (χ3v) is 5.55. The summed E-state index contributed by atoms with van der Waals surface area (Å²) in [5.74, 6) is 1.77. The summed E-state index contributed by atoms with van der Waals surface area (Å²) in [6.45, 7) is 9.30. The van der Waals surface area contributed by atoms with Crippen molar-refractivity contribution in [1.29, 1.82) is 0 Å². The molecule has 1 heterocycles. The number of nitrogens with one attached hydrogen (secondary N) is 1. The molecule has 1 spiro atoms. The Labute approximate surface area is 129 Å². The van der Waals surface area contributed by atoms with Crippen LogP contribution in [0.25, 0.3) is 0 Å². The van der Waals surface area contributed by atoms with Crippen molar-refractivity contribution in [3.8, 4) is 5.75 Å². The number of ether oxygens (including phenoxy) is 1. The molecule has 2 heteroatoms. The van der Waals surface area contributed by atoms with E-state index in [1.807, 2.05) is 0 Å². The first kappa shape index (κ1) is 14.9. The maximum Gasteiger partial charge on any atom is 0.122 e. The molecule has 2 aliphatic rings. The van der Waals surface area contributed by atoms with E-state index < -0.39 is 0 Å². The molecule has 1 saturated heterocycles. The first-order valence-electron chi connectivity index (χ1n) is 8.33. The first-order chi connectivity index (χ1) is 9.93. The first-order valence-corrected chi connectivity index (χ1v) is 8.33. The van der Waals surface area contributed by atoms with E-state index in [1.54, 1.807) is 7.11 Å². The van der Waals surface area contributed by atoms with Gasteiger partial charge in [0, 0.05) is 13.1 Å². The summed E-state index contributed by atoms with van der Waals surface area (Å²) in [7, 11) is 1.78. The Bertz CT molecular complexity index is 501. The van der Waals surface area contributed by atoms with Gasteiger partial charge in [-0.05, 0) is 59.6 Å². The van der Waals surface area contributed by atoms with Crippen molar-refractivity contribution >= 4 is 0 Å². The van der Waals surface area contributed by atoms with Gasteiger partial charge in [0.15, 0.2) is 0 Å². The summed E-state index contributed by atoms with van der Waals surface area (Å²) in [4.78, 5) is 0. The van der Waals surface area contributed by atoms with Crippen LogP contribution in [0.1, 0.15) is 63.5 Å². The highest BCUT2D eigenvalue weighted by atomic mass is 16.5. The lowest BCUT2D eigenvalue weighted by Crippen LogP contribution is -2.54. The van der Waals surface area contributed by atoms with Crippen LogP contribution in [0.15, 0.2) is 18.2 Å². The second-order valence-corrected chi connectivity index (χ2v) is 8.09. The van der Waals surface area contributed by atoms with Gasteiger partial charge in [-0.15, -0.1) is 0 Å². The van der Waals surface area contributed by atoms with E-state index >= 15 is 0 Å². The molecular weight excluding hydrogens is 258 g/mol. The van der Waals surface area contributed by atoms with Gasteiger partial charge in [-0.2, -0.15) is 0 Å². The van der Waals surface area contributed by atoms with Crippen LogP contribution >= 0.6 is 0 Å². The van der Waals surface area contributed by atoms with Crippen LogP contribution in [0.4, 0.5) is 0 Å². The van der Waals surface area contributed by atoms with Crippen molar-refractivity contribution < 1.29 is 4.74 Å². The zero-order valence-electron chi connectivity index (χ0n) is 14.0. The fourth-order valence-electron chi connectivity index (χ4n) is 3.96. The smallest absolute Gasteiger partial charge is 0.122 e. The van der Waals surface area contributed by atoms with Crippen molar-refractivity contribution in [2.45, 2.75) is 57.8 Å². The Balaban J connectivity index is 1.80. The van der Waals surface area contributed by atoms with E-state index in [4.69, 9.17) is 4.74 Å². The highest BCUT2D eigenvalue weighted by molar-refractivity contribution is 5.42. The maximum atomic E-state index is 5.57. The predicted octanol–water partition coefficient (Wildman–Crippen LogP) is 4.24. The summed E-state index contributed by atoms with van der Waals surface area (Å²) in [5.41, 5.74) is 3.64. The number of hydrogen-bond acceptors (Lipinski definition) is 2. The van der Waals surface area contributed by atoms with E-state index in [0.717, 1.165) is 11.7 Å². The Morgan fingerprint density at radius 2 is 1.81 bits per heavy atom. The SMILES string of the molecule is COc1ccc(C2CCC3(CC2)CNC3)cc1C(C)(C)C. The molecule has 1 saturated carbocycles. The average molecular weight is 287 g/mol. The van der Waals surface area contributed by atoms with Crippen molar-refractivity contribution in [3.05, 3.63) is 29.3 Å². The van der Waals surface area contributed by atoms with Gasteiger partial charge in [0.25, 0.3) is 0 Å². The van der Waals surface area contributed by atoms with E-state index in [2.05, 4.69) is 44.3 Å². The van der Waals surface area contributed by atoms with Gasteiger partial charge in [0.05, 0.1) is 7.11 Å². The minimum Gasteiger partial charge on any atom is -0.496 e. The zero-order valence-corrected chi connectivity index (χ0v) is 14.0. The largest absolute Gasteiger partial charge is 0.496 e. The summed E-state index contributed by atoms with van der Waals surface area (Å²) in [6.07, 6.45) is 5.47. The van der Waals surface area contributed by atoms with Crippen LogP contribution in [0, 0.1) is 5.41 Å². The number of rotatable bonds is 2. The van der Waals surface area contributed by atoms with E-state index in [1.165, 1.54) is 49.9 Å². The maximum absolute atomic E-state index is 5.57. The third-order valence-electron chi connectivity index (χ3n) is 5.55. The van der Waals surface area contributed by atoms with Crippen LogP contribution in [0.5, 0.6) is 5.75 Å². The van der Waals surface area contributed by atoms with Gasteiger partial charge < -0.3 is 10.1 Å². The average Bonchev–Trinajstić information content (AvgIpc) is 2.44. The second-order valence-electron chi connectivity index (χ2n) is 8.09. The summed E-state index contributed by atoms with van der Waals surface area (Å²) in [6, 6.07) is 6.86. The fraction of sp³-hybridized carbons (Fsp3) is 0.684. The van der Waals surface area contributed by atoms with Gasteiger partial charge in [-0.25, -0.2) is 0 Å². The minimum absolute atomic E-state index is 0.134. The van der Waals surface area contributed by atoms with Gasteiger partial charge in [0.1, 0.15) is 5.75 Å². The molecule has 1 aliphatic carbocycles. The molecule has 1 aromatic rings. The Kier molecular flexibility index (Phi) is 3.77. The highest BCUT2D eigenvalue weighted by Gasteiger charge is 2.40. The number of methoxy groups -OCH3 is 1. The molecule has 116 valence electrons. The second kappa shape index (κ2) is 5.31. The van der Waals surface area contributed by atoms with Crippen LogP contribution in [0.3, 0.4) is 0 Å². The molecule has 0 bridgehead atoms. The van der Waals surface area contributed by atoms with Crippen molar-refractivity contribution in [2.75, 3.05) is 20.2 Å². The molecule has 2 nitrogen and oxygen atoms in total. The lowest BCUT2D eigenvalue weighted by molar-refractivity contribution is 0.0975. The molecule has 21 heavy (non-hydrogen) atoms. The van der Waals surface area contributed by atoms with Gasteiger partial charge in [-0.3, -0.25) is 0 Å². The third kappa shape index (κ3) is 2.83. The lowest BCUT2D eigenvalue weighted by Gasteiger charge is -2.47. The topological polar surface area (TPSA) is 21.3 Å². The van der Waals surface area contributed by atoms with Crippen molar-refractivity contribution in [3.63, 3.8) is 0 Å². The molecule has 0 unspecified atom stereocenters. The molecule has 1 aliphatic heterocycles. The number of benzene rings is 1. The highest BCUT2D eigenvalue weighted by Crippen LogP contribution is 2.46. The molecular formula is C19H29NO. The van der Waals surface area contributed by atoms with Gasteiger partial charge >= 0.3 is 0 Å². The van der Waals surface area contributed by atoms with Crippen molar-refractivity contribution in [1.82, 2.24) is 5.32 Å². The Morgan fingerprint density at radius 1 is 1.14 bits per heavy atom. The standard InChI is InChI=1S/C19H29NO/c1-18(2,3)16-11-15(5-6-17(16)21-4)14-7-9-19(10-8-14)12-20-13-19/h5-6,11,14,20H,7-10,12-13H2,1-4H3. The molecule has 0 amide bonds. The number of hydrogen-bond donors (Lipinski definition) is 1. The summed E-state index contributed by atoms with van der Waals surface area (Å²) < 4.78 is 5.57. The Hall–Kier alpha value is -1.02. The molecule has 1 N–H and O–H groups in total. The Morgan fingerprint density at radius 3 is 2.29 bits per heavy atom. The van der Waals surface area contributed by atoms with Crippen LogP contribution in [-0.4, -0.2) is 20.2 Å². The summed E-state index contributed by atoms with van der Waals surface area (Å²) >= 11 is 0. The molecule has 0 radical (unpaired) electrons. The monoisotopic (exact) mass is 287 g/mol. The van der Waals surface area contributed by atoms with Crippen LogP contribution in [-0.2, 0) is 5.41 Å². The normalized spacial score (nSPS) is 22.1. The van der Waals surface area contributed by atoms with E-state index in [9.17, 15) is 0 Å². The fourth-order valence-corrected chi connectivity index (χ4v) is 3.96. The van der Waals surface area contributed by atoms with E-state index in [0.29, 0.717) is 5.41 Å². The van der Waals surface area contributed by atoms with Crippen LogP contribution in [0.2, 0.25) is 0 Å². The quantitative estimate of drug-likeness (QED) is 0.878. The predicted molar refractivity (Wildman–Crippen MR) is 88.2 cm³/mol. The van der Waals surface area contributed by atoms with Crippen molar-refractivity contribution in [2.24, 2.45) is 5.41 Å². The zero-order chi connectivity index (χ0) is 15.1. The minimum atomic E-state index is 0.134.